The standard InChI is InChI=1S/C22H19Cl3N2O4S/c1-27(32(29,30)17-9-7-16(23)8-10-17)13-15-12-14(6-11-20(15)31-2)22(28)26-19-5-3-4-18(24)21(19)25/h3-12H,13H2,1-2H3,(H,26,28). The van der Waals surface area contributed by atoms with Crippen LogP contribution in [0.5, 0.6) is 5.75 Å². The summed E-state index contributed by atoms with van der Waals surface area (Å²) in [4.78, 5) is 12.9. The number of ether oxygens (including phenoxy) is 1. The van der Waals surface area contributed by atoms with Gasteiger partial charge in [0.2, 0.25) is 10.0 Å². The van der Waals surface area contributed by atoms with Crippen LogP contribution in [0.15, 0.2) is 65.6 Å². The number of methoxy groups -OCH3 is 1. The molecule has 0 saturated heterocycles. The van der Waals surface area contributed by atoms with Crippen molar-refractivity contribution in [3.05, 3.63) is 86.9 Å². The van der Waals surface area contributed by atoms with Gasteiger partial charge in [-0.25, -0.2) is 8.42 Å². The summed E-state index contributed by atoms with van der Waals surface area (Å²) in [6.07, 6.45) is 0. The molecule has 3 aromatic rings. The van der Waals surface area contributed by atoms with Crippen LogP contribution in [-0.4, -0.2) is 32.8 Å². The van der Waals surface area contributed by atoms with Gasteiger partial charge in [0, 0.05) is 29.7 Å². The zero-order chi connectivity index (χ0) is 23.5. The lowest BCUT2D eigenvalue weighted by Crippen LogP contribution is -2.27. The van der Waals surface area contributed by atoms with Crippen molar-refractivity contribution in [1.29, 1.82) is 0 Å². The number of nitrogens with one attached hydrogen (secondary N) is 1. The molecule has 0 unspecified atom stereocenters. The van der Waals surface area contributed by atoms with Crippen LogP contribution in [0.1, 0.15) is 15.9 Å². The number of sulfonamides is 1. The first kappa shape index (κ1) is 24.4. The fourth-order valence-electron chi connectivity index (χ4n) is 2.95. The predicted octanol–water partition coefficient (Wildman–Crippen LogP) is 5.73. The van der Waals surface area contributed by atoms with Crippen molar-refractivity contribution in [2.75, 3.05) is 19.5 Å². The number of rotatable bonds is 7. The number of halogens is 3. The molecule has 3 aromatic carbocycles. The topological polar surface area (TPSA) is 75.7 Å². The van der Waals surface area contributed by atoms with Crippen molar-refractivity contribution in [2.45, 2.75) is 11.4 Å². The summed E-state index contributed by atoms with van der Waals surface area (Å²) >= 11 is 18.0. The second kappa shape index (κ2) is 10.1. The van der Waals surface area contributed by atoms with Gasteiger partial charge in [-0.3, -0.25) is 4.79 Å². The van der Waals surface area contributed by atoms with Crippen LogP contribution < -0.4 is 10.1 Å². The van der Waals surface area contributed by atoms with Crippen molar-refractivity contribution < 1.29 is 17.9 Å². The number of carbonyl (C=O) groups is 1. The minimum Gasteiger partial charge on any atom is -0.496 e. The number of hydrogen-bond donors (Lipinski definition) is 1. The van der Waals surface area contributed by atoms with E-state index in [1.807, 2.05) is 0 Å². The highest BCUT2D eigenvalue weighted by atomic mass is 35.5. The highest BCUT2D eigenvalue weighted by molar-refractivity contribution is 7.89. The van der Waals surface area contributed by atoms with E-state index in [1.54, 1.807) is 36.4 Å². The molecule has 3 rings (SSSR count). The summed E-state index contributed by atoms with van der Waals surface area (Å²) in [5.74, 6) is 0.0155. The lowest BCUT2D eigenvalue weighted by molar-refractivity contribution is 0.102. The molecule has 0 fully saturated rings. The first-order valence-electron chi connectivity index (χ1n) is 9.27. The largest absolute Gasteiger partial charge is 0.496 e. The minimum absolute atomic E-state index is 0.0207. The molecular weight excluding hydrogens is 495 g/mol. The van der Waals surface area contributed by atoms with Gasteiger partial charge in [-0.05, 0) is 54.6 Å². The van der Waals surface area contributed by atoms with Crippen LogP contribution in [0.3, 0.4) is 0 Å². The van der Waals surface area contributed by atoms with E-state index in [9.17, 15) is 13.2 Å². The molecule has 0 aromatic heterocycles. The van der Waals surface area contributed by atoms with Gasteiger partial charge in [-0.1, -0.05) is 40.9 Å². The Hall–Kier alpha value is -2.29. The number of hydrogen-bond acceptors (Lipinski definition) is 4. The zero-order valence-corrected chi connectivity index (χ0v) is 20.2. The summed E-state index contributed by atoms with van der Waals surface area (Å²) in [5, 5.41) is 3.68. The van der Waals surface area contributed by atoms with E-state index in [2.05, 4.69) is 5.32 Å². The molecule has 32 heavy (non-hydrogen) atoms. The van der Waals surface area contributed by atoms with Crippen LogP contribution in [0.25, 0.3) is 0 Å². The Morgan fingerprint density at radius 1 is 1.03 bits per heavy atom. The average molecular weight is 514 g/mol. The fourth-order valence-corrected chi connectivity index (χ4v) is 4.57. The van der Waals surface area contributed by atoms with E-state index in [1.165, 1.54) is 42.7 Å². The number of nitrogens with zero attached hydrogens (tertiary/aromatic N) is 1. The summed E-state index contributed by atoms with van der Waals surface area (Å²) in [6.45, 7) is -0.0207. The molecule has 0 aliphatic heterocycles. The van der Waals surface area contributed by atoms with E-state index in [-0.39, 0.29) is 16.5 Å². The van der Waals surface area contributed by atoms with E-state index in [4.69, 9.17) is 39.5 Å². The Kier molecular flexibility index (Phi) is 7.69. The molecule has 0 saturated carbocycles. The Morgan fingerprint density at radius 2 is 1.72 bits per heavy atom. The second-order valence-corrected chi connectivity index (χ2v) is 10.1. The van der Waals surface area contributed by atoms with Gasteiger partial charge < -0.3 is 10.1 Å². The number of amides is 1. The molecule has 6 nitrogen and oxygen atoms in total. The summed E-state index contributed by atoms with van der Waals surface area (Å²) in [5.41, 5.74) is 1.18. The summed E-state index contributed by atoms with van der Waals surface area (Å²) in [6, 6.07) is 15.5. The van der Waals surface area contributed by atoms with E-state index < -0.39 is 15.9 Å². The molecule has 1 amide bonds. The molecule has 0 bridgehead atoms. The first-order chi connectivity index (χ1) is 15.1. The predicted molar refractivity (Wildman–Crippen MR) is 128 cm³/mol. The van der Waals surface area contributed by atoms with Gasteiger partial charge in [0.15, 0.2) is 0 Å². The van der Waals surface area contributed by atoms with Crippen molar-refractivity contribution in [2.24, 2.45) is 0 Å². The molecule has 0 radical (unpaired) electrons. The Balaban J connectivity index is 1.86. The van der Waals surface area contributed by atoms with Crippen LogP contribution in [0.4, 0.5) is 5.69 Å². The Bertz CT molecular complexity index is 1250. The zero-order valence-electron chi connectivity index (χ0n) is 17.1. The van der Waals surface area contributed by atoms with Gasteiger partial charge in [0.25, 0.3) is 5.91 Å². The highest BCUT2D eigenvalue weighted by Crippen LogP contribution is 2.30. The molecule has 1 N–H and O–H groups in total. The molecular formula is C22H19Cl3N2O4S. The van der Waals surface area contributed by atoms with E-state index >= 15 is 0 Å². The number of benzene rings is 3. The molecule has 0 aliphatic carbocycles. The molecule has 0 atom stereocenters. The third-order valence-corrected chi connectivity index (χ3v) is 7.55. The monoisotopic (exact) mass is 512 g/mol. The van der Waals surface area contributed by atoms with Crippen molar-refractivity contribution in [3.63, 3.8) is 0 Å². The van der Waals surface area contributed by atoms with Crippen LogP contribution in [0.2, 0.25) is 15.1 Å². The van der Waals surface area contributed by atoms with Crippen LogP contribution in [0, 0.1) is 0 Å². The molecule has 168 valence electrons. The normalized spacial score (nSPS) is 11.4. The lowest BCUT2D eigenvalue weighted by Gasteiger charge is -2.19. The van der Waals surface area contributed by atoms with Crippen LogP contribution >= 0.6 is 34.8 Å². The lowest BCUT2D eigenvalue weighted by atomic mass is 10.1. The SMILES string of the molecule is COc1ccc(C(=O)Nc2cccc(Cl)c2Cl)cc1CN(C)S(=O)(=O)c1ccc(Cl)cc1. The number of anilines is 1. The molecule has 0 spiro atoms. The summed E-state index contributed by atoms with van der Waals surface area (Å²) < 4.78 is 32.4. The third kappa shape index (κ3) is 5.36. The maximum absolute atomic E-state index is 12.9. The fraction of sp³-hybridized carbons (Fsp3) is 0.136. The highest BCUT2D eigenvalue weighted by Gasteiger charge is 2.23. The van der Waals surface area contributed by atoms with Crippen molar-refractivity contribution >= 4 is 56.4 Å². The maximum atomic E-state index is 12.9. The van der Waals surface area contributed by atoms with Gasteiger partial charge in [-0.2, -0.15) is 4.31 Å². The minimum atomic E-state index is -3.78. The molecule has 10 heteroatoms. The van der Waals surface area contributed by atoms with Gasteiger partial charge in [0.05, 0.1) is 27.7 Å². The van der Waals surface area contributed by atoms with E-state index in [0.29, 0.717) is 32.6 Å². The Labute approximate surface area is 201 Å². The summed E-state index contributed by atoms with van der Waals surface area (Å²) in [7, 11) is -0.868. The van der Waals surface area contributed by atoms with Crippen molar-refractivity contribution in [1.82, 2.24) is 4.31 Å². The first-order valence-corrected chi connectivity index (χ1v) is 11.8. The quantitative estimate of drug-likeness (QED) is 0.438. The number of carbonyl (C=O) groups excluding carboxylic acids is 1. The average Bonchev–Trinajstić information content (AvgIpc) is 2.77. The Morgan fingerprint density at radius 3 is 2.38 bits per heavy atom. The molecule has 0 aliphatic rings. The molecule has 0 heterocycles. The smallest absolute Gasteiger partial charge is 0.255 e. The second-order valence-electron chi connectivity index (χ2n) is 6.80. The van der Waals surface area contributed by atoms with Gasteiger partial charge in [0.1, 0.15) is 5.75 Å². The van der Waals surface area contributed by atoms with E-state index in [0.717, 1.165) is 0 Å². The van der Waals surface area contributed by atoms with Crippen molar-refractivity contribution in [3.8, 4) is 5.75 Å². The van der Waals surface area contributed by atoms with Gasteiger partial charge in [-0.15, -0.1) is 0 Å². The van der Waals surface area contributed by atoms with Crippen LogP contribution in [-0.2, 0) is 16.6 Å². The third-order valence-electron chi connectivity index (χ3n) is 4.66. The maximum Gasteiger partial charge on any atom is 0.255 e. The van der Waals surface area contributed by atoms with Gasteiger partial charge >= 0.3 is 0 Å².